The van der Waals surface area contributed by atoms with Crippen molar-refractivity contribution in [3.8, 4) is 0 Å². The second-order valence-corrected chi connectivity index (χ2v) is 6.40. The number of carbonyl (C=O) groups is 2. The van der Waals surface area contributed by atoms with E-state index in [4.69, 9.17) is 11.6 Å². The van der Waals surface area contributed by atoms with Crippen molar-refractivity contribution >= 4 is 40.5 Å². The number of hydrogen-bond acceptors (Lipinski definition) is 3. The molecule has 0 atom stereocenters. The molecule has 2 aromatic carbocycles. The fourth-order valence-corrected chi connectivity index (χ4v) is 2.85. The Kier molecular flexibility index (Phi) is 6.64. The summed E-state index contributed by atoms with van der Waals surface area (Å²) < 4.78 is 0. The normalized spacial score (nSPS) is 10.3. The van der Waals surface area contributed by atoms with E-state index in [9.17, 15) is 9.59 Å². The van der Waals surface area contributed by atoms with Crippen molar-refractivity contribution in [2.45, 2.75) is 27.7 Å². The van der Waals surface area contributed by atoms with Gasteiger partial charge in [-0.1, -0.05) is 17.7 Å². The average molecular weight is 374 g/mol. The number of hydrogen-bond donors (Lipinski definition) is 2. The number of nitrogens with zero attached hydrogens (tertiary/aromatic N) is 1. The fourth-order valence-electron chi connectivity index (χ4n) is 2.67. The van der Waals surface area contributed by atoms with Crippen molar-refractivity contribution in [2.24, 2.45) is 0 Å². The summed E-state index contributed by atoms with van der Waals surface area (Å²) in [4.78, 5) is 26.6. The smallest absolute Gasteiger partial charge is 0.314 e. The van der Waals surface area contributed by atoms with Gasteiger partial charge in [0.15, 0.2) is 0 Å². The lowest BCUT2D eigenvalue weighted by Gasteiger charge is -2.22. The van der Waals surface area contributed by atoms with E-state index < -0.39 is 11.8 Å². The molecule has 0 unspecified atom stereocenters. The van der Waals surface area contributed by atoms with E-state index in [0.29, 0.717) is 16.4 Å². The summed E-state index contributed by atoms with van der Waals surface area (Å²) in [5.41, 5.74) is 3.84. The van der Waals surface area contributed by atoms with Crippen LogP contribution < -0.4 is 15.5 Å². The molecule has 0 fully saturated rings. The van der Waals surface area contributed by atoms with Crippen LogP contribution in [0.3, 0.4) is 0 Å². The summed E-state index contributed by atoms with van der Waals surface area (Å²) in [5.74, 6) is -1.45. The van der Waals surface area contributed by atoms with Crippen molar-refractivity contribution in [2.75, 3.05) is 28.6 Å². The number of anilines is 3. The number of rotatable bonds is 5. The minimum atomic E-state index is -0.734. The Morgan fingerprint density at radius 3 is 2.15 bits per heavy atom. The van der Waals surface area contributed by atoms with E-state index in [1.165, 1.54) is 0 Å². The first-order chi connectivity index (χ1) is 12.4. The van der Waals surface area contributed by atoms with Gasteiger partial charge >= 0.3 is 11.8 Å². The van der Waals surface area contributed by atoms with Crippen LogP contribution in [0.2, 0.25) is 5.02 Å². The zero-order valence-corrected chi connectivity index (χ0v) is 16.3. The summed E-state index contributed by atoms with van der Waals surface area (Å²) in [6, 6.07) is 10.9. The second-order valence-electron chi connectivity index (χ2n) is 5.99. The molecule has 0 radical (unpaired) electrons. The van der Waals surface area contributed by atoms with E-state index in [2.05, 4.69) is 29.4 Å². The van der Waals surface area contributed by atoms with Crippen molar-refractivity contribution in [1.82, 2.24) is 0 Å². The average Bonchev–Trinajstić information content (AvgIpc) is 2.62. The van der Waals surface area contributed by atoms with Crippen LogP contribution in [0.15, 0.2) is 36.4 Å². The van der Waals surface area contributed by atoms with Gasteiger partial charge in [-0.05, 0) is 69.2 Å². The maximum Gasteiger partial charge on any atom is 0.314 e. The predicted octanol–water partition coefficient (Wildman–Crippen LogP) is 4.38. The van der Waals surface area contributed by atoms with Gasteiger partial charge in [0.1, 0.15) is 0 Å². The van der Waals surface area contributed by atoms with E-state index in [1.54, 1.807) is 25.1 Å². The molecule has 0 saturated carbocycles. The highest BCUT2D eigenvalue weighted by molar-refractivity contribution is 6.44. The standard InChI is InChI=1S/C20H24ClN3O2/c1-5-24(6-2)15-10-11-17(13(3)12-15)22-19(25)20(26)23-18-9-7-8-16(21)14(18)4/h7-12H,5-6H2,1-4H3,(H,22,25)(H,23,26). The Labute approximate surface area is 159 Å². The second kappa shape index (κ2) is 8.72. The lowest BCUT2D eigenvalue weighted by molar-refractivity contribution is -0.133. The Balaban J connectivity index is 2.09. The van der Waals surface area contributed by atoms with Gasteiger partial charge in [0.25, 0.3) is 0 Å². The SMILES string of the molecule is CCN(CC)c1ccc(NC(=O)C(=O)Nc2cccc(Cl)c2C)c(C)c1. The summed E-state index contributed by atoms with van der Waals surface area (Å²) in [5, 5.41) is 5.79. The Morgan fingerprint density at radius 1 is 0.962 bits per heavy atom. The highest BCUT2D eigenvalue weighted by atomic mass is 35.5. The van der Waals surface area contributed by atoms with Crippen molar-refractivity contribution in [1.29, 1.82) is 0 Å². The zero-order valence-electron chi connectivity index (χ0n) is 15.5. The van der Waals surface area contributed by atoms with E-state index >= 15 is 0 Å². The van der Waals surface area contributed by atoms with Crippen molar-refractivity contribution < 1.29 is 9.59 Å². The molecule has 0 aliphatic heterocycles. The molecule has 0 heterocycles. The molecule has 0 aromatic heterocycles. The molecule has 138 valence electrons. The molecule has 2 N–H and O–H groups in total. The molecule has 0 bridgehead atoms. The number of halogens is 1. The van der Waals surface area contributed by atoms with Crippen LogP contribution in [-0.2, 0) is 9.59 Å². The van der Waals surface area contributed by atoms with E-state index in [0.717, 1.165) is 29.9 Å². The van der Waals surface area contributed by atoms with Gasteiger partial charge < -0.3 is 15.5 Å². The molecule has 2 aromatic rings. The number of nitrogens with one attached hydrogen (secondary N) is 2. The van der Waals surface area contributed by atoms with Crippen LogP contribution >= 0.6 is 11.6 Å². The highest BCUT2D eigenvalue weighted by Crippen LogP contribution is 2.24. The maximum atomic E-state index is 12.2. The molecule has 0 spiro atoms. The fraction of sp³-hybridized carbons (Fsp3) is 0.300. The lowest BCUT2D eigenvalue weighted by Crippen LogP contribution is -2.29. The van der Waals surface area contributed by atoms with Crippen LogP contribution in [-0.4, -0.2) is 24.9 Å². The third-order valence-corrected chi connectivity index (χ3v) is 4.72. The molecule has 2 rings (SSSR count). The van der Waals surface area contributed by atoms with Crippen molar-refractivity contribution in [3.05, 3.63) is 52.5 Å². The summed E-state index contributed by atoms with van der Waals surface area (Å²) in [6.07, 6.45) is 0. The Morgan fingerprint density at radius 2 is 1.58 bits per heavy atom. The van der Waals surface area contributed by atoms with Gasteiger partial charge in [-0.3, -0.25) is 9.59 Å². The van der Waals surface area contributed by atoms with Crippen LogP contribution in [0.25, 0.3) is 0 Å². The monoisotopic (exact) mass is 373 g/mol. The molecule has 6 heteroatoms. The molecular weight excluding hydrogens is 350 g/mol. The quantitative estimate of drug-likeness (QED) is 0.764. The summed E-state index contributed by atoms with van der Waals surface area (Å²) in [6.45, 7) is 9.69. The van der Waals surface area contributed by atoms with E-state index in [-0.39, 0.29) is 0 Å². The molecule has 2 amide bonds. The summed E-state index contributed by atoms with van der Waals surface area (Å²) in [7, 11) is 0. The van der Waals surface area contributed by atoms with Crippen molar-refractivity contribution in [3.63, 3.8) is 0 Å². The largest absolute Gasteiger partial charge is 0.372 e. The van der Waals surface area contributed by atoms with Gasteiger partial charge in [0.05, 0.1) is 0 Å². The summed E-state index contributed by atoms with van der Waals surface area (Å²) >= 11 is 6.04. The topological polar surface area (TPSA) is 61.4 Å². The maximum absolute atomic E-state index is 12.2. The van der Waals surface area contributed by atoms with Gasteiger partial charge in [-0.25, -0.2) is 0 Å². The van der Waals surface area contributed by atoms with Gasteiger partial charge in [0, 0.05) is 35.2 Å². The van der Waals surface area contributed by atoms with Crippen LogP contribution in [0, 0.1) is 13.8 Å². The number of amides is 2. The molecule has 5 nitrogen and oxygen atoms in total. The Bertz CT molecular complexity index is 817. The van der Waals surface area contributed by atoms with Gasteiger partial charge in [-0.15, -0.1) is 0 Å². The minimum Gasteiger partial charge on any atom is -0.372 e. The zero-order chi connectivity index (χ0) is 19.3. The first-order valence-electron chi connectivity index (χ1n) is 8.60. The number of carbonyl (C=O) groups excluding carboxylic acids is 2. The molecule has 26 heavy (non-hydrogen) atoms. The van der Waals surface area contributed by atoms with Gasteiger partial charge in [0.2, 0.25) is 0 Å². The Hall–Kier alpha value is -2.53. The van der Waals surface area contributed by atoms with Crippen LogP contribution in [0.5, 0.6) is 0 Å². The highest BCUT2D eigenvalue weighted by Gasteiger charge is 2.17. The number of aryl methyl sites for hydroxylation is 1. The first-order valence-corrected chi connectivity index (χ1v) is 8.98. The van der Waals surface area contributed by atoms with Crippen LogP contribution in [0.4, 0.5) is 17.1 Å². The minimum absolute atomic E-state index is 0.520. The molecule has 0 saturated heterocycles. The molecule has 0 aliphatic rings. The predicted molar refractivity (Wildman–Crippen MR) is 108 cm³/mol. The number of benzene rings is 2. The van der Waals surface area contributed by atoms with Gasteiger partial charge in [-0.2, -0.15) is 0 Å². The van der Waals surface area contributed by atoms with Crippen LogP contribution in [0.1, 0.15) is 25.0 Å². The lowest BCUT2D eigenvalue weighted by atomic mass is 10.1. The third-order valence-electron chi connectivity index (χ3n) is 4.31. The first kappa shape index (κ1) is 19.8. The molecule has 0 aliphatic carbocycles. The molecular formula is C20H24ClN3O2. The van der Waals surface area contributed by atoms with E-state index in [1.807, 2.05) is 25.1 Å². The third kappa shape index (κ3) is 4.55.